The van der Waals surface area contributed by atoms with Gasteiger partial charge in [0.1, 0.15) is 11.5 Å². The molecule has 0 bridgehead atoms. The number of carbonyl (C=O) groups excluding carboxylic acids is 1. The van der Waals surface area contributed by atoms with E-state index in [4.69, 9.17) is 0 Å². The summed E-state index contributed by atoms with van der Waals surface area (Å²) in [6, 6.07) is 7.21. The lowest BCUT2D eigenvalue weighted by molar-refractivity contribution is -0.133. The van der Waals surface area contributed by atoms with Gasteiger partial charge in [-0.15, -0.1) is 0 Å². The zero-order chi connectivity index (χ0) is 23.4. The molecule has 2 N–H and O–H groups in total. The van der Waals surface area contributed by atoms with Crippen molar-refractivity contribution in [2.75, 3.05) is 0 Å². The van der Waals surface area contributed by atoms with Crippen LogP contribution in [-0.2, 0) is 16.0 Å². The topological polar surface area (TPSA) is 74.6 Å². The SMILES string of the molecule is C[C@]12CC[C@H]3[C@@H](CC=C4C=C(C(=O)O)CC[C@@]43C)[C@@H]1CC[C@@H]2C(=O)CCc1ccc(O)cc1. The molecule has 2 saturated carbocycles. The molecule has 2 fully saturated rings. The lowest BCUT2D eigenvalue weighted by Gasteiger charge is -2.57. The monoisotopic (exact) mass is 448 g/mol. The summed E-state index contributed by atoms with van der Waals surface area (Å²) >= 11 is 0. The fourth-order valence-corrected chi connectivity index (χ4v) is 8.13. The van der Waals surface area contributed by atoms with Crippen LogP contribution in [0, 0.1) is 34.5 Å². The van der Waals surface area contributed by atoms with Crippen LogP contribution in [-0.4, -0.2) is 22.0 Å². The molecule has 0 aromatic heterocycles. The maximum atomic E-state index is 13.4. The number of carbonyl (C=O) groups is 2. The molecule has 0 saturated heterocycles. The number of allylic oxidation sites excluding steroid dienone is 3. The van der Waals surface area contributed by atoms with Gasteiger partial charge in [0.05, 0.1) is 0 Å². The molecule has 1 aromatic rings. The van der Waals surface area contributed by atoms with Gasteiger partial charge in [0.15, 0.2) is 0 Å². The minimum Gasteiger partial charge on any atom is -0.508 e. The van der Waals surface area contributed by atoms with Crippen LogP contribution < -0.4 is 0 Å². The maximum absolute atomic E-state index is 13.4. The lowest BCUT2D eigenvalue weighted by atomic mass is 9.47. The third-order valence-electron chi connectivity index (χ3n) is 10.0. The smallest absolute Gasteiger partial charge is 0.331 e. The molecule has 0 unspecified atom stereocenters. The summed E-state index contributed by atoms with van der Waals surface area (Å²) in [6.07, 6.45) is 12.6. The second-order valence-corrected chi connectivity index (χ2v) is 11.5. The van der Waals surface area contributed by atoms with Gasteiger partial charge in [-0.1, -0.05) is 32.1 Å². The number of aryl methyl sites for hydroxylation is 1. The number of Topliss-reactive ketones (excluding diaryl/α,β-unsaturated/α-hetero) is 1. The van der Waals surface area contributed by atoms with Crippen LogP contribution in [0.5, 0.6) is 5.75 Å². The zero-order valence-corrected chi connectivity index (χ0v) is 19.8. The number of aliphatic carboxylic acids is 1. The van der Waals surface area contributed by atoms with Crippen molar-refractivity contribution >= 4 is 11.8 Å². The highest BCUT2D eigenvalue weighted by Gasteiger charge is 2.59. The second kappa shape index (κ2) is 8.14. The standard InChI is InChI=1S/C29H36O4/c1-28-15-13-19(27(32)33)17-20(28)6-9-22-23-10-11-25(29(23,2)16-14-24(22)28)26(31)12-5-18-3-7-21(30)8-4-18/h3-4,6-8,17,22-25,30H,5,9-16H2,1-2H3,(H,32,33)/t22-,23-,24-,25+,28-,29-/m0/s1. The third-order valence-corrected chi connectivity index (χ3v) is 10.0. The fraction of sp³-hybridized carbons (Fsp3) is 0.586. The summed E-state index contributed by atoms with van der Waals surface area (Å²) in [4.78, 5) is 24.9. The molecule has 0 radical (unpaired) electrons. The van der Waals surface area contributed by atoms with Gasteiger partial charge in [0.25, 0.3) is 0 Å². The third kappa shape index (κ3) is 3.66. The first kappa shape index (κ1) is 22.4. The number of hydrogen-bond donors (Lipinski definition) is 2. The van der Waals surface area contributed by atoms with Gasteiger partial charge in [-0.2, -0.15) is 0 Å². The fourth-order valence-electron chi connectivity index (χ4n) is 8.13. The number of hydrogen-bond acceptors (Lipinski definition) is 3. The first-order valence-corrected chi connectivity index (χ1v) is 12.7. The number of ketones is 1. The Morgan fingerprint density at radius 3 is 2.52 bits per heavy atom. The Hall–Kier alpha value is -2.36. The Morgan fingerprint density at radius 2 is 1.79 bits per heavy atom. The van der Waals surface area contributed by atoms with Crippen molar-refractivity contribution in [2.45, 2.75) is 71.6 Å². The normalized spacial score (nSPS) is 37.3. The Kier molecular flexibility index (Phi) is 5.54. The molecule has 0 spiro atoms. The highest BCUT2D eigenvalue weighted by Crippen LogP contribution is 2.66. The van der Waals surface area contributed by atoms with Crippen LogP contribution >= 0.6 is 0 Å². The molecule has 4 aliphatic rings. The van der Waals surface area contributed by atoms with Gasteiger partial charge in [0, 0.05) is 17.9 Å². The number of phenolic OH excluding ortho intramolecular Hbond substituents is 1. The van der Waals surface area contributed by atoms with E-state index in [0.29, 0.717) is 42.0 Å². The predicted molar refractivity (Wildman–Crippen MR) is 128 cm³/mol. The van der Waals surface area contributed by atoms with E-state index < -0.39 is 5.97 Å². The van der Waals surface area contributed by atoms with Gasteiger partial charge in [0.2, 0.25) is 0 Å². The van der Waals surface area contributed by atoms with Crippen LogP contribution in [0.3, 0.4) is 0 Å². The molecule has 4 heteroatoms. The van der Waals surface area contributed by atoms with Crippen LogP contribution in [0.25, 0.3) is 0 Å². The molecule has 5 rings (SSSR count). The Balaban J connectivity index is 1.32. The Bertz CT molecular complexity index is 1020. The van der Waals surface area contributed by atoms with Gasteiger partial charge in [-0.3, -0.25) is 4.79 Å². The van der Waals surface area contributed by atoms with Crippen molar-refractivity contribution in [1.82, 2.24) is 0 Å². The van der Waals surface area contributed by atoms with Crippen LogP contribution in [0.4, 0.5) is 0 Å². The number of fused-ring (bicyclic) bond motifs is 5. The Labute approximate surface area is 196 Å². The molecule has 33 heavy (non-hydrogen) atoms. The highest BCUT2D eigenvalue weighted by atomic mass is 16.4. The van der Waals surface area contributed by atoms with Crippen LogP contribution in [0.1, 0.15) is 70.8 Å². The van der Waals surface area contributed by atoms with E-state index >= 15 is 0 Å². The molecule has 1 aromatic carbocycles. The lowest BCUT2D eigenvalue weighted by Crippen LogP contribution is -2.50. The maximum Gasteiger partial charge on any atom is 0.331 e. The molecule has 0 aliphatic heterocycles. The van der Waals surface area contributed by atoms with E-state index in [2.05, 4.69) is 19.9 Å². The number of phenols is 1. The van der Waals surface area contributed by atoms with Gasteiger partial charge < -0.3 is 10.2 Å². The number of rotatable bonds is 5. The summed E-state index contributed by atoms with van der Waals surface area (Å²) < 4.78 is 0. The van der Waals surface area contributed by atoms with E-state index in [9.17, 15) is 19.8 Å². The van der Waals surface area contributed by atoms with Crippen LogP contribution in [0.15, 0.2) is 47.6 Å². The molecule has 176 valence electrons. The van der Waals surface area contributed by atoms with Gasteiger partial charge >= 0.3 is 5.97 Å². The largest absolute Gasteiger partial charge is 0.508 e. The molecule has 4 nitrogen and oxygen atoms in total. The average Bonchev–Trinajstić information content (AvgIpc) is 3.15. The summed E-state index contributed by atoms with van der Waals surface area (Å²) in [5.41, 5.74) is 3.07. The molecule has 6 atom stereocenters. The molecule has 4 aliphatic carbocycles. The number of aromatic hydroxyl groups is 1. The van der Waals surface area contributed by atoms with Gasteiger partial charge in [-0.25, -0.2) is 4.79 Å². The van der Waals surface area contributed by atoms with Crippen molar-refractivity contribution in [2.24, 2.45) is 34.5 Å². The molecular formula is C29H36O4. The van der Waals surface area contributed by atoms with E-state index in [1.54, 1.807) is 12.1 Å². The highest BCUT2D eigenvalue weighted by molar-refractivity contribution is 5.87. The van der Waals surface area contributed by atoms with Crippen molar-refractivity contribution in [3.63, 3.8) is 0 Å². The number of carboxylic acid groups (broad SMARTS) is 1. The number of benzene rings is 1. The van der Waals surface area contributed by atoms with E-state index in [1.165, 1.54) is 5.57 Å². The van der Waals surface area contributed by atoms with E-state index in [-0.39, 0.29) is 22.5 Å². The molecule has 0 heterocycles. The van der Waals surface area contributed by atoms with Gasteiger partial charge in [-0.05, 0) is 109 Å². The van der Waals surface area contributed by atoms with E-state index in [1.807, 2.05) is 18.2 Å². The summed E-state index contributed by atoms with van der Waals surface area (Å²) in [5.74, 6) is 1.83. The summed E-state index contributed by atoms with van der Waals surface area (Å²) in [7, 11) is 0. The zero-order valence-electron chi connectivity index (χ0n) is 19.8. The summed E-state index contributed by atoms with van der Waals surface area (Å²) in [5, 5.41) is 19.0. The van der Waals surface area contributed by atoms with Crippen molar-refractivity contribution in [3.8, 4) is 5.75 Å². The number of carboxylic acids is 1. The van der Waals surface area contributed by atoms with E-state index in [0.717, 1.165) is 50.5 Å². The Morgan fingerprint density at radius 1 is 1.03 bits per heavy atom. The minimum atomic E-state index is -0.777. The van der Waals surface area contributed by atoms with Crippen molar-refractivity contribution in [1.29, 1.82) is 0 Å². The molecule has 0 amide bonds. The average molecular weight is 449 g/mol. The summed E-state index contributed by atoms with van der Waals surface area (Å²) in [6.45, 7) is 4.75. The van der Waals surface area contributed by atoms with Crippen molar-refractivity contribution in [3.05, 3.63) is 53.1 Å². The van der Waals surface area contributed by atoms with Crippen LogP contribution in [0.2, 0.25) is 0 Å². The first-order chi connectivity index (χ1) is 15.7. The first-order valence-electron chi connectivity index (χ1n) is 12.7. The predicted octanol–water partition coefficient (Wildman–Crippen LogP) is 6.09. The van der Waals surface area contributed by atoms with Crippen molar-refractivity contribution < 1.29 is 19.8 Å². The minimum absolute atomic E-state index is 0.0736. The quantitative estimate of drug-likeness (QED) is 0.571. The second-order valence-electron chi connectivity index (χ2n) is 11.5. The molecular weight excluding hydrogens is 412 g/mol.